The number of rotatable bonds is 5. The van der Waals surface area contributed by atoms with Crippen LogP contribution in [-0.2, 0) is 0 Å². The molecule has 0 bridgehead atoms. The largest absolute Gasteiger partial charge is 0.494 e. The SMILES string of the molecule is CCOc1ccc(NC(=S)N(C)C[C@@H]2COc3ccccc3O2)cc1. The summed E-state index contributed by atoms with van der Waals surface area (Å²) in [6, 6.07) is 15.4. The first-order valence-electron chi connectivity index (χ1n) is 8.29. The first-order chi connectivity index (χ1) is 12.2. The number of hydrogen-bond acceptors (Lipinski definition) is 4. The molecule has 1 heterocycles. The summed E-state index contributed by atoms with van der Waals surface area (Å²) in [5.74, 6) is 2.41. The Labute approximate surface area is 153 Å². The van der Waals surface area contributed by atoms with Crippen LogP contribution >= 0.6 is 12.2 Å². The minimum atomic E-state index is -0.0695. The van der Waals surface area contributed by atoms with Gasteiger partial charge < -0.3 is 24.4 Å². The molecule has 132 valence electrons. The van der Waals surface area contributed by atoms with Gasteiger partial charge in [0.15, 0.2) is 22.7 Å². The number of ether oxygens (including phenoxy) is 3. The van der Waals surface area contributed by atoms with Gasteiger partial charge in [-0.05, 0) is 55.5 Å². The van der Waals surface area contributed by atoms with Crippen LogP contribution in [0.25, 0.3) is 0 Å². The third kappa shape index (κ3) is 4.54. The maximum atomic E-state index is 5.97. The summed E-state index contributed by atoms with van der Waals surface area (Å²) in [4.78, 5) is 1.95. The van der Waals surface area contributed by atoms with Gasteiger partial charge in [-0.1, -0.05) is 12.1 Å². The molecule has 1 aliphatic heterocycles. The Morgan fingerprint density at radius 1 is 1.20 bits per heavy atom. The van der Waals surface area contributed by atoms with E-state index in [1.165, 1.54) is 0 Å². The molecule has 2 aromatic rings. The number of fused-ring (bicyclic) bond motifs is 1. The van der Waals surface area contributed by atoms with Gasteiger partial charge in [0.1, 0.15) is 12.4 Å². The molecule has 0 amide bonds. The molecular formula is C19H22N2O3S. The maximum Gasteiger partial charge on any atom is 0.173 e. The number of hydrogen-bond donors (Lipinski definition) is 1. The Kier molecular flexibility index (Phi) is 5.60. The second-order valence-corrected chi connectivity index (χ2v) is 6.15. The van der Waals surface area contributed by atoms with E-state index in [9.17, 15) is 0 Å². The predicted molar refractivity (Wildman–Crippen MR) is 103 cm³/mol. The van der Waals surface area contributed by atoms with E-state index in [0.717, 1.165) is 22.9 Å². The standard InChI is InChI=1S/C19H22N2O3S/c1-3-22-15-10-8-14(9-11-15)20-19(25)21(2)12-16-13-23-17-6-4-5-7-18(17)24-16/h4-11,16H,3,12-13H2,1-2H3,(H,20,25)/t16-/m1/s1. The van der Waals surface area contributed by atoms with E-state index in [-0.39, 0.29) is 6.10 Å². The molecule has 1 N–H and O–H groups in total. The molecule has 0 aliphatic carbocycles. The normalized spacial score (nSPS) is 15.4. The van der Waals surface area contributed by atoms with E-state index in [1.807, 2.05) is 67.4 Å². The third-order valence-corrected chi connectivity index (χ3v) is 4.22. The van der Waals surface area contributed by atoms with Gasteiger partial charge in [-0.2, -0.15) is 0 Å². The van der Waals surface area contributed by atoms with Crippen molar-refractivity contribution in [1.82, 2.24) is 4.90 Å². The first kappa shape index (κ1) is 17.4. The molecule has 2 aromatic carbocycles. The van der Waals surface area contributed by atoms with E-state index < -0.39 is 0 Å². The molecule has 1 atom stereocenters. The smallest absolute Gasteiger partial charge is 0.173 e. The van der Waals surface area contributed by atoms with Crippen molar-refractivity contribution in [1.29, 1.82) is 0 Å². The predicted octanol–water partition coefficient (Wildman–Crippen LogP) is 3.55. The molecule has 0 fully saturated rings. The number of likely N-dealkylation sites (N-methyl/N-ethyl adjacent to an activating group) is 1. The fourth-order valence-corrected chi connectivity index (χ4v) is 2.75. The average molecular weight is 358 g/mol. The zero-order valence-electron chi connectivity index (χ0n) is 14.4. The molecule has 5 nitrogen and oxygen atoms in total. The number of para-hydroxylation sites is 2. The van der Waals surface area contributed by atoms with Gasteiger partial charge in [-0.15, -0.1) is 0 Å². The molecular weight excluding hydrogens is 336 g/mol. The van der Waals surface area contributed by atoms with Gasteiger partial charge in [-0.25, -0.2) is 0 Å². The minimum absolute atomic E-state index is 0.0695. The van der Waals surface area contributed by atoms with E-state index in [4.69, 9.17) is 26.4 Å². The second kappa shape index (κ2) is 8.07. The molecule has 0 radical (unpaired) electrons. The highest BCUT2D eigenvalue weighted by atomic mass is 32.1. The van der Waals surface area contributed by atoms with Gasteiger partial charge in [0.05, 0.1) is 13.2 Å². The Morgan fingerprint density at radius 2 is 1.92 bits per heavy atom. The van der Waals surface area contributed by atoms with Gasteiger partial charge >= 0.3 is 0 Å². The van der Waals surface area contributed by atoms with Gasteiger partial charge in [0.25, 0.3) is 0 Å². The summed E-state index contributed by atoms with van der Waals surface area (Å²) in [5, 5.41) is 3.86. The van der Waals surface area contributed by atoms with E-state index in [1.54, 1.807) is 0 Å². The van der Waals surface area contributed by atoms with Crippen LogP contribution in [0.15, 0.2) is 48.5 Å². The van der Waals surface area contributed by atoms with Crippen molar-refractivity contribution in [2.45, 2.75) is 13.0 Å². The number of benzene rings is 2. The van der Waals surface area contributed by atoms with E-state index >= 15 is 0 Å². The van der Waals surface area contributed by atoms with Gasteiger partial charge in [-0.3, -0.25) is 0 Å². The summed E-state index contributed by atoms with van der Waals surface area (Å²) in [5.41, 5.74) is 0.923. The summed E-state index contributed by atoms with van der Waals surface area (Å²) in [6.45, 7) is 3.76. The molecule has 0 saturated carbocycles. The molecule has 0 aromatic heterocycles. The lowest BCUT2D eigenvalue weighted by Gasteiger charge is -2.30. The molecule has 0 unspecified atom stereocenters. The van der Waals surface area contributed by atoms with Crippen molar-refractivity contribution < 1.29 is 14.2 Å². The fourth-order valence-electron chi connectivity index (χ4n) is 2.56. The van der Waals surface area contributed by atoms with Gasteiger partial charge in [0.2, 0.25) is 0 Å². The zero-order valence-corrected chi connectivity index (χ0v) is 15.2. The summed E-state index contributed by atoms with van der Waals surface area (Å²) < 4.78 is 17.2. The Morgan fingerprint density at radius 3 is 2.64 bits per heavy atom. The molecule has 0 spiro atoms. The number of nitrogens with zero attached hydrogens (tertiary/aromatic N) is 1. The highest BCUT2D eigenvalue weighted by molar-refractivity contribution is 7.80. The van der Waals surface area contributed by atoms with Crippen LogP contribution in [0.2, 0.25) is 0 Å². The van der Waals surface area contributed by atoms with Crippen LogP contribution in [0.4, 0.5) is 5.69 Å². The van der Waals surface area contributed by atoms with Crippen LogP contribution in [0.5, 0.6) is 17.2 Å². The van der Waals surface area contributed by atoms with Crippen molar-refractivity contribution in [3.05, 3.63) is 48.5 Å². The van der Waals surface area contributed by atoms with Crippen molar-refractivity contribution in [2.75, 3.05) is 32.1 Å². The molecule has 1 aliphatic rings. The lowest BCUT2D eigenvalue weighted by Crippen LogP contribution is -2.43. The fraction of sp³-hybridized carbons (Fsp3) is 0.316. The molecule has 6 heteroatoms. The summed E-state index contributed by atoms with van der Waals surface area (Å²) >= 11 is 5.48. The highest BCUT2D eigenvalue weighted by Crippen LogP contribution is 2.31. The van der Waals surface area contributed by atoms with Crippen molar-refractivity contribution in [2.24, 2.45) is 0 Å². The zero-order chi connectivity index (χ0) is 17.6. The van der Waals surface area contributed by atoms with Crippen LogP contribution in [0, 0.1) is 0 Å². The lowest BCUT2D eigenvalue weighted by atomic mass is 10.2. The summed E-state index contributed by atoms with van der Waals surface area (Å²) in [6.07, 6.45) is -0.0695. The molecule has 25 heavy (non-hydrogen) atoms. The summed E-state index contributed by atoms with van der Waals surface area (Å²) in [7, 11) is 1.94. The Bertz CT molecular complexity index is 721. The molecule has 0 saturated heterocycles. The van der Waals surface area contributed by atoms with Crippen molar-refractivity contribution in [3.63, 3.8) is 0 Å². The number of nitrogens with one attached hydrogen (secondary N) is 1. The average Bonchev–Trinajstić information content (AvgIpc) is 2.63. The van der Waals surface area contributed by atoms with Crippen LogP contribution < -0.4 is 19.5 Å². The Hall–Kier alpha value is -2.47. The highest BCUT2D eigenvalue weighted by Gasteiger charge is 2.22. The topological polar surface area (TPSA) is 43.0 Å². The van der Waals surface area contributed by atoms with Crippen LogP contribution in [0.3, 0.4) is 0 Å². The maximum absolute atomic E-state index is 5.97. The monoisotopic (exact) mass is 358 g/mol. The lowest BCUT2D eigenvalue weighted by molar-refractivity contribution is 0.0784. The quantitative estimate of drug-likeness (QED) is 0.825. The van der Waals surface area contributed by atoms with Crippen LogP contribution in [0.1, 0.15) is 6.92 Å². The second-order valence-electron chi connectivity index (χ2n) is 5.77. The van der Waals surface area contributed by atoms with Crippen molar-refractivity contribution in [3.8, 4) is 17.2 Å². The Balaban J connectivity index is 1.53. The molecule has 3 rings (SSSR count). The van der Waals surface area contributed by atoms with Crippen LogP contribution in [-0.4, -0.2) is 42.9 Å². The first-order valence-corrected chi connectivity index (χ1v) is 8.70. The third-order valence-electron chi connectivity index (χ3n) is 3.81. The van der Waals surface area contributed by atoms with E-state index in [0.29, 0.717) is 24.9 Å². The number of thiocarbonyl (C=S) groups is 1. The number of anilines is 1. The van der Waals surface area contributed by atoms with E-state index in [2.05, 4.69) is 5.32 Å². The van der Waals surface area contributed by atoms with Gasteiger partial charge in [0, 0.05) is 12.7 Å². The van der Waals surface area contributed by atoms with Crippen molar-refractivity contribution >= 4 is 23.0 Å². The minimum Gasteiger partial charge on any atom is -0.494 e.